The van der Waals surface area contributed by atoms with Gasteiger partial charge in [-0.15, -0.1) is 0 Å². The Kier molecular flexibility index (Phi) is 9.96. The fraction of sp³-hybridized carbons (Fsp3) is 0.769. The van der Waals surface area contributed by atoms with Gasteiger partial charge in [0.15, 0.2) is 0 Å². The Morgan fingerprint density at radius 3 is 2.14 bits per heavy atom. The fourth-order valence-electron chi connectivity index (χ4n) is 1.69. The van der Waals surface area contributed by atoms with Crippen molar-refractivity contribution < 1.29 is 24.4 Å². The second-order valence-corrected chi connectivity index (χ2v) is 4.29. The van der Waals surface area contributed by atoms with Crippen molar-refractivity contribution in [3.8, 4) is 0 Å². The number of hydrogen-bond donors (Lipinski definition) is 3. The second kappa shape index (κ2) is 11.6. The smallest absolute Gasteiger partial charge is 0.0882 e. The van der Waals surface area contributed by atoms with Crippen LogP contribution >= 0.6 is 0 Å². The number of hydrogen-bond acceptors (Lipinski definition) is 7. The highest BCUT2D eigenvalue weighted by atomic mass is 16.5. The van der Waals surface area contributed by atoms with Crippen molar-refractivity contribution in [2.24, 2.45) is 5.73 Å². The molecule has 0 spiro atoms. The summed E-state index contributed by atoms with van der Waals surface area (Å²) in [4.78, 5) is 0. The molecule has 0 radical (unpaired) electrons. The van der Waals surface area contributed by atoms with Gasteiger partial charge in [0.2, 0.25) is 0 Å². The van der Waals surface area contributed by atoms with Gasteiger partial charge in [-0.3, -0.25) is 4.68 Å². The molecule has 0 atom stereocenters. The highest BCUT2D eigenvalue weighted by Crippen LogP contribution is 2.04. The number of nitrogens with zero attached hydrogens (tertiary/aromatic N) is 2. The minimum absolute atomic E-state index is 0.112. The van der Waals surface area contributed by atoms with Crippen molar-refractivity contribution in [3.63, 3.8) is 0 Å². The van der Waals surface area contributed by atoms with E-state index in [9.17, 15) is 0 Å². The molecule has 4 N–H and O–H groups in total. The largest absolute Gasteiger partial charge is 0.390 e. The maximum Gasteiger partial charge on any atom is 0.0882 e. The van der Waals surface area contributed by atoms with Crippen LogP contribution in [-0.2, 0) is 34.0 Å². The van der Waals surface area contributed by atoms with E-state index in [0.717, 1.165) is 0 Å². The number of ether oxygens (including phenoxy) is 3. The van der Waals surface area contributed by atoms with Gasteiger partial charge in [0.1, 0.15) is 0 Å². The molecule has 0 saturated carbocycles. The van der Waals surface area contributed by atoms with E-state index in [1.165, 1.54) is 0 Å². The van der Waals surface area contributed by atoms with Gasteiger partial charge in [-0.25, -0.2) is 0 Å². The van der Waals surface area contributed by atoms with E-state index in [4.69, 9.17) is 30.2 Å². The van der Waals surface area contributed by atoms with E-state index in [-0.39, 0.29) is 13.2 Å². The summed E-state index contributed by atoms with van der Waals surface area (Å²) in [7, 11) is 0. The summed E-state index contributed by atoms with van der Waals surface area (Å²) in [5.41, 5.74) is 6.49. The predicted octanol–water partition coefficient (Wildman–Crippen LogP) is -1.12. The molecular formula is C13H25N3O5. The number of nitrogens with two attached hydrogens (primary N) is 1. The minimum atomic E-state index is -0.138. The van der Waals surface area contributed by atoms with Crippen molar-refractivity contribution in [2.75, 3.05) is 46.2 Å². The summed E-state index contributed by atoms with van der Waals surface area (Å²) in [5.74, 6) is 0. The lowest BCUT2D eigenvalue weighted by atomic mass is 10.4. The molecule has 0 aliphatic carbocycles. The van der Waals surface area contributed by atoms with Crippen LogP contribution in [0.2, 0.25) is 0 Å². The molecule has 0 saturated heterocycles. The molecule has 8 nitrogen and oxygen atoms in total. The lowest BCUT2D eigenvalue weighted by Gasteiger charge is -2.08. The van der Waals surface area contributed by atoms with E-state index >= 15 is 0 Å². The van der Waals surface area contributed by atoms with Crippen molar-refractivity contribution in [1.29, 1.82) is 0 Å². The standard InChI is InChI=1S/C13H25N3O5/c14-1-3-19-5-7-21-8-6-20-4-2-16-13(11-18)9-12(10-17)15-16/h9,17-18H,1-8,10-11,14H2. The zero-order chi connectivity index (χ0) is 15.3. The van der Waals surface area contributed by atoms with Crippen LogP contribution < -0.4 is 5.73 Å². The first kappa shape index (κ1) is 18.0. The minimum Gasteiger partial charge on any atom is -0.390 e. The third-order valence-corrected chi connectivity index (χ3v) is 2.69. The van der Waals surface area contributed by atoms with Crippen LogP contribution in [0.4, 0.5) is 0 Å². The number of rotatable bonds is 13. The van der Waals surface area contributed by atoms with E-state index in [2.05, 4.69) is 5.10 Å². The monoisotopic (exact) mass is 303 g/mol. The van der Waals surface area contributed by atoms with Gasteiger partial charge in [-0.05, 0) is 6.07 Å². The molecule has 122 valence electrons. The molecule has 8 heteroatoms. The van der Waals surface area contributed by atoms with E-state index in [1.54, 1.807) is 10.7 Å². The maximum atomic E-state index is 9.17. The van der Waals surface area contributed by atoms with Gasteiger partial charge in [0, 0.05) is 6.54 Å². The molecule has 1 aromatic heterocycles. The summed E-state index contributed by atoms with van der Waals surface area (Å²) in [6, 6.07) is 1.67. The van der Waals surface area contributed by atoms with E-state index < -0.39 is 0 Å². The first-order chi connectivity index (χ1) is 10.3. The number of aliphatic hydroxyl groups excluding tert-OH is 2. The Balaban J connectivity index is 2.02. The van der Waals surface area contributed by atoms with E-state index in [1.807, 2.05) is 0 Å². The van der Waals surface area contributed by atoms with E-state index in [0.29, 0.717) is 64.1 Å². The fourth-order valence-corrected chi connectivity index (χ4v) is 1.69. The molecule has 0 fully saturated rings. The lowest BCUT2D eigenvalue weighted by Crippen LogP contribution is -2.15. The Morgan fingerprint density at radius 1 is 0.952 bits per heavy atom. The molecule has 1 aromatic rings. The van der Waals surface area contributed by atoms with Crippen molar-refractivity contribution in [1.82, 2.24) is 9.78 Å². The average molecular weight is 303 g/mol. The van der Waals surface area contributed by atoms with Gasteiger partial charge in [0.05, 0.1) is 70.8 Å². The van der Waals surface area contributed by atoms with Crippen LogP contribution in [0.3, 0.4) is 0 Å². The van der Waals surface area contributed by atoms with Gasteiger partial charge >= 0.3 is 0 Å². The average Bonchev–Trinajstić information content (AvgIpc) is 2.91. The second-order valence-electron chi connectivity index (χ2n) is 4.29. The quantitative estimate of drug-likeness (QED) is 0.396. The van der Waals surface area contributed by atoms with Crippen LogP contribution in [0.15, 0.2) is 6.07 Å². The summed E-state index contributed by atoms with van der Waals surface area (Å²) >= 11 is 0. The van der Waals surface area contributed by atoms with Gasteiger partial charge in [-0.2, -0.15) is 5.10 Å². The van der Waals surface area contributed by atoms with Crippen molar-refractivity contribution in [3.05, 3.63) is 17.5 Å². The molecule has 21 heavy (non-hydrogen) atoms. The number of aromatic nitrogens is 2. The zero-order valence-corrected chi connectivity index (χ0v) is 12.2. The molecule has 0 unspecified atom stereocenters. The Morgan fingerprint density at radius 2 is 1.57 bits per heavy atom. The van der Waals surface area contributed by atoms with Crippen LogP contribution in [-0.4, -0.2) is 66.2 Å². The third-order valence-electron chi connectivity index (χ3n) is 2.69. The molecule has 0 aliphatic rings. The highest BCUT2D eigenvalue weighted by Gasteiger charge is 2.05. The molecular weight excluding hydrogens is 278 g/mol. The Bertz CT molecular complexity index is 373. The Labute approximate surface area is 124 Å². The SMILES string of the molecule is NCCOCCOCCOCCn1nc(CO)cc1CO. The van der Waals surface area contributed by atoms with Gasteiger partial charge in [-0.1, -0.05) is 0 Å². The van der Waals surface area contributed by atoms with Gasteiger partial charge in [0.25, 0.3) is 0 Å². The topological polar surface area (TPSA) is 112 Å². The van der Waals surface area contributed by atoms with Crippen molar-refractivity contribution >= 4 is 0 Å². The molecule has 0 aromatic carbocycles. The molecule has 1 rings (SSSR count). The lowest BCUT2D eigenvalue weighted by molar-refractivity contribution is 0.0139. The first-order valence-corrected chi connectivity index (χ1v) is 7.02. The predicted molar refractivity (Wildman–Crippen MR) is 75.6 cm³/mol. The zero-order valence-electron chi connectivity index (χ0n) is 12.2. The van der Waals surface area contributed by atoms with Crippen LogP contribution in [0.25, 0.3) is 0 Å². The van der Waals surface area contributed by atoms with Crippen molar-refractivity contribution in [2.45, 2.75) is 19.8 Å². The molecule has 0 aliphatic heterocycles. The summed E-state index contributed by atoms with van der Waals surface area (Å²) in [6.45, 7) is 3.85. The first-order valence-electron chi connectivity index (χ1n) is 7.02. The summed E-state index contributed by atoms with van der Waals surface area (Å²) in [5, 5.41) is 22.3. The maximum absolute atomic E-state index is 9.17. The summed E-state index contributed by atoms with van der Waals surface area (Å²) in [6.07, 6.45) is 0. The molecule has 0 amide bonds. The van der Waals surface area contributed by atoms with Crippen LogP contribution in [0.1, 0.15) is 11.4 Å². The van der Waals surface area contributed by atoms with Gasteiger partial charge < -0.3 is 30.2 Å². The summed E-state index contributed by atoms with van der Waals surface area (Å²) < 4.78 is 17.5. The van der Waals surface area contributed by atoms with Crippen LogP contribution in [0, 0.1) is 0 Å². The third kappa shape index (κ3) is 7.51. The molecule has 0 bridgehead atoms. The van der Waals surface area contributed by atoms with Crippen LogP contribution in [0.5, 0.6) is 0 Å². The highest BCUT2D eigenvalue weighted by molar-refractivity contribution is 5.08. The number of aliphatic hydroxyl groups is 2. The normalized spacial score (nSPS) is 11.2. The molecule has 1 heterocycles. The Hall–Kier alpha value is -1.03.